The van der Waals surface area contributed by atoms with Gasteiger partial charge in [-0.15, -0.1) is 0 Å². The van der Waals surface area contributed by atoms with E-state index < -0.39 is 38.0 Å². The number of carboxylic acid groups (broad SMARTS) is 1. The van der Waals surface area contributed by atoms with Crippen LogP contribution >= 0.6 is 0 Å². The zero-order chi connectivity index (χ0) is 20.6. The molecule has 1 fully saturated rings. The molecule has 0 aromatic heterocycles. The van der Waals surface area contributed by atoms with Crippen LogP contribution < -0.4 is 0 Å². The molecular formula is C19H18F3NO4S. The Morgan fingerprint density at radius 1 is 1.00 bits per heavy atom. The van der Waals surface area contributed by atoms with Crippen LogP contribution in [0.3, 0.4) is 0 Å². The Morgan fingerprint density at radius 2 is 1.61 bits per heavy atom. The van der Waals surface area contributed by atoms with Gasteiger partial charge in [-0.1, -0.05) is 36.4 Å². The summed E-state index contributed by atoms with van der Waals surface area (Å²) in [5, 5.41) is 9.78. The SMILES string of the molecule is O=C(O)C1(c2ccccc2)CCN(S(=O)(=O)c2cccc(C(F)(F)F)c2)CC1. The first-order valence-corrected chi connectivity index (χ1v) is 9.98. The predicted molar refractivity (Wildman–Crippen MR) is 95.2 cm³/mol. The van der Waals surface area contributed by atoms with Gasteiger partial charge in [0.25, 0.3) is 0 Å². The van der Waals surface area contributed by atoms with E-state index in [1.54, 1.807) is 30.3 Å². The van der Waals surface area contributed by atoms with Crippen LogP contribution in [0.5, 0.6) is 0 Å². The molecule has 0 saturated carbocycles. The summed E-state index contributed by atoms with van der Waals surface area (Å²) in [4.78, 5) is 11.5. The van der Waals surface area contributed by atoms with Gasteiger partial charge in [0, 0.05) is 13.1 Å². The fourth-order valence-corrected chi connectivity index (χ4v) is 4.96. The number of hydrogen-bond donors (Lipinski definition) is 1. The monoisotopic (exact) mass is 413 g/mol. The highest BCUT2D eigenvalue weighted by atomic mass is 32.2. The molecule has 1 N–H and O–H groups in total. The van der Waals surface area contributed by atoms with E-state index in [1.807, 2.05) is 0 Å². The highest BCUT2D eigenvalue weighted by molar-refractivity contribution is 7.89. The second-order valence-electron chi connectivity index (χ2n) is 6.68. The quantitative estimate of drug-likeness (QED) is 0.833. The lowest BCUT2D eigenvalue weighted by Gasteiger charge is -2.38. The maximum absolute atomic E-state index is 12.9. The molecule has 150 valence electrons. The van der Waals surface area contributed by atoms with E-state index in [9.17, 15) is 31.5 Å². The number of benzene rings is 2. The molecule has 3 rings (SSSR count). The molecular weight excluding hydrogens is 395 g/mol. The number of nitrogens with zero attached hydrogens (tertiary/aromatic N) is 1. The Bertz CT molecular complexity index is 966. The molecule has 0 aliphatic carbocycles. The fourth-order valence-electron chi connectivity index (χ4n) is 3.47. The van der Waals surface area contributed by atoms with Crippen molar-refractivity contribution in [3.05, 3.63) is 65.7 Å². The van der Waals surface area contributed by atoms with E-state index in [1.165, 1.54) is 0 Å². The molecule has 1 saturated heterocycles. The molecule has 1 aliphatic rings. The summed E-state index contributed by atoms with van der Waals surface area (Å²) in [6.45, 7) is -0.195. The molecule has 28 heavy (non-hydrogen) atoms. The second-order valence-corrected chi connectivity index (χ2v) is 8.62. The molecule has 9 heteroatoms. The minimum atomic E-state index is -4.65. The zero-order valence-electron chi connectivity index (χ0n) is 14.7. The molecule has 0 unspecified atom stereocenters. The Morgan fingerprint density at radius 3 is 2.14 bits per heavy atom. The summed E-state index contributed by atoms with van der Waals surface area (Å²) >= 11 is 0. The molecule has 0 spiro atoms. The first-order valence-electron chi connectivity index (χ1n) is 8.54. The zero-order valence-corrected chi connectivity index (χ0v) is 15.5. The summed E-state index contributed by atoms with van der Waals surface area (Å²) in [6, 6.07) is 12.1. The summed E-state index contributed by atoms with van der Waals surface area (Å²) in [7, 11) is -4.16. The van der Waals surface area contributed by atoms with Crippen LogP contribution in [-0.4, -0.2) is 36.9 Å². The van der Waals surface area contributed by atoms with Gasteiger partial charge in [0.05, 0.1) is 15.9 Å². The molecule has 1 aliphatic heterocycles. The first kappa shape index (κ1) is 20.3. The van der Waals surface area contributed by atoms with Crippen molar-refractivity contribution in [3.63, 3.8) is 0 Å². The predicted octanol–water partition coefficient (Wildman–Crippen LogP) is 3.51. The average Bonchev–Trinajstić information content (AvgIpc) is 2.68. The number of carbonyl (C=O) groups is 1. The topological polar surface area (TPSA) is 74.7 Å². The molecule has 2 aromatic carbocycles. The van der Waals surface area contributed by atoms with Crippen molar-refractivity contribution < 1.29 is 31.5 Å². The van der Waals surface area contributed by atoms with E-state index in [0.29, 0.717) is 11.6 Å². The first-order chi connectivity index (χ1) is 13.1. The van der Waals surface area contributed by atoms with Crippen molar-refractivity contribution in [2.24, 2.45) is 0 Å². The third-order valence-corrected chi connectivity index (χ3v) is 7.01. The number of carboxylic acids is 1. The summed E-state index contributed by atoms with van der Waals surface area (Å²) in [5.74, 6) is -1.05. The molecule has 0 bridgehead atoms. The summed E-state index contributed by atoms with van der Waals surface area (Å²) in [6.07, 6.45) is -4.59. The molecule has 2 aromatic rings. The largest absolute Gasteiger partial charge is 0.481 e. The Hall–Kier alpha value is -2.39. The summed E-state index contributed by atoms with van der Waals surface area (Å²) < 4.78 is 65.3. The number of halogens is 3. The van der Waals surface area contributed by atoms with E-state index in [0.717, 1.165) is 22.5 Å². The number of hydrogen-bond acceptors (Lipinski definition) is 3. The van der Waals surface area contributed by atoms with Crippen LogP contribution in [0, 0.1) is 0 Å². The lowest BCUT2D eigenvalue weighted by atomic mass is 9.73. The number of sulfonamides is 1. The van der Waals surface area contributed by atoms with Crippen molar-refractivity contribution in [1.29, 1.82) is 0 Å². The van der Waals surface area contributed by atoms with Crippen molar-refractivity contribution in [2.45, 2.75) is 29.3 Å². The molecule has 0 amide bonds. The van der Waals surface area contributed by atoms with Gasteiger partial charge in [-0.3, -0.25) is 4.79 Å². The minimum absolute atomic E-state index is 0.0323. The smallest absolute Gasteiger partial charge is 0.416 e. The second kappa shape index (κ2) is 7.21. The van der Waals surface area contributed by atoms with Crippen molar-refractivity contribution in [2.75, 3.05) is 13.1 Å². The maximum atomic E-state index is 12.9. The van der Waals surface area contributed by atoms with Gasteiger partial charge >= 0.3 is 12.1 Å². The lowest BCUT2D eigenvalue weighted by molar-refractivity contribution is -0.145. The van der Waals surface area contributed by atoms with E-state index in [-0.39, 0.29) is 25.9 Å². The molecule has 1 heterocycles. The normalized spacial score (nSPS) is 18.0. The standard InChI is InChI=1S/C19H18F3NO4S/c20-19(21,22)15-7-4-8-16(13-15)28(26,27)23-11-9-18(10-12-23,17(24)25)14-5-2-1-3-6-14/h1-8,13H,9-12H2,(H,24,25). The van der Waals surface area contributed by atoms with Crippen LogP contribution in [0.15, 0.2) is 59.5 Å². The van der Waals surface area contributed by atoms with Gasteiger partial charge in [0.1, 0.15) is 0 Å². The number of alkyl halides is 3. The highest BCUT2D eigenvalue weighted by Crippen LogP contribution is 2.38. The summed E-state index contributed by atoms with van der Waals surface area (Å²) in [5.41, 5.74) is -1.69. The number of aliphatic carboxylic acids is 1. The van der Waals surface area contributed by atoms with Crippen LogP contribution in [0.4, 0.5) is 13.2 Å². The number of rotatable bonds is 4. The minimum Gasteiger partial charge on any atom is -0.481 e. The molecule has 0 atom stereocenters. The van der Waals surface area contributed by atoms with Gasteiger partial charge in [0.2, 0.25) is 10.0 Å². The third kappa shape index (κ3) is 3.64. The van der Waals surface area contributed by atoms with Gasteiger partial charge in [-0.2, -0.15) is 17.5 Å². The van der Waals surface area contributed by atoms with E-state index in [4.69, 9.17) is 0 Å². The van der Waals surface area contributed by atoms with Gasteiger partial charge in [-0.05, 0) is 36.6 Å². The van der Waals surface area contributed by atoms with E-state index >= 15 is 0 Å². The Balaban J connectivity index is 1.87. The fraction of sp³-hybridized carbons (Fsp3) is 0.316. The van der Waals surface area contributed by atoms with Crippen LogP contribution in [0.1, 0.15) is 24.0 Å². The average molecular weight is 413 g/mol. The molecule has 5 nitrogen and oxygen atoms in total. The Kier molecular flexibility index (Phi) is 5.24. The van der Waals surface area contributed by atoms with Crippen molar-refractivity contribution in [3.8, 4) is 0 Å². The van der Waals surface area contributed by atoms with Gasteiger partial charge in [-0.25, -0.2) is 8.42 Å². The molecule has 0 radical (unpaired) electrons. The Labute approximate surface area is 160 Å². The van der Waals surface area contributed by atoms with Crippen LogP contribution in [0.2, 0.25) is 0 Å². The van der Waals surface area contributed by atoms with Crippen molar-refractivity contribution >= 4 is 16.0 Å². The highest BCUT2D eigenvalue weighted by Gasteiger charge is 2.45. The van der Waals surface area contributed by atoms with Gasteiger partial charge in [0.15, 0.2) is 0 Å². The lowest BCUT2D eigenvalue weighted by Crippen LogP contribution is -2.49. The number of piperidine rings is 1. The van der Waals surface area contributed by atoms with Crippen molar-refractivity contribution in [1.82, 2.24) is 4.31 Å². The maximum Gasteiger partial charge on any atom is 0.416 e. The van der Waals surface area contributed by atoms with Crippen LogP contribution in [-0.2, 0) is 26.4 Å². The van der Waals surface area contributed by atoms with E-state index in [2.05, 4.69) is 0 Å². The van der Waals surface area contributed by atoms with Crippen LogP contribution in [0.25, 0.3) is 0 Å². The van der Waals surface area contributed by atoms with Gasteiger partial charge < -0.3 is 5.11 Å². The third-order valence-electron chi connectivity index (χ3n) is 5.11.